The van der Waals surface area contributed by atoms with Crippen LogP contribution >= 0.6 is 15.9 Å². The van der Waals surface area contributed by atoms with Crippen LogP contribution in [0.2, 0.25) is 0 Å². The summed E-state index contributed by atoms with van der Waals surface area (Å²) in [6, 6.07) is 8.57. The van der Waals surface area contributed by atoms with Crippen LogP contribution in [-0.4, -0.2) is 9.38 Å². The van der Waals surface area contributed by atoms with E-state index in [9.17, 15) is 0 Å². The highest BCUT2D eigenvalue weighted by Crippen LogP contribution is 2.25. The van der Waals surface area contributed by atoms with Crippen LogP contribution in [0, 0.1) is 13.8 Å². The largest absolute Gasteiger partial charge is 0.293 e. The molecule has 2 aromatic heterocycles. The van der Waals surface area contributed by atoms with Crippen molar-refractivity contribution >= 4 is 32.3 Å². The van der Waals surface area contributed by atoms with Crippen molar-refractivity contribution in [3.8, 4) is 0 Å². The van der Waals surface area contributed by atoms with Gasteiger partial charge in [-0.05, 0) is 47.3 Å². The van der Waals surface area contributed by atoms with Crippen LogP contribution in [0.4, 0.5) is 0 Å². The average Bonchev–Trinajstić information content (AvgIpc) is 2.56. The van der Waals surface area contributed by atoms with Gasteiger partial charge in [-0.1, -0.05) is 17.7 Å². The molecule has 1 aromatic carbocycles. The summed E-state index contributed by atoms with van der Waals surface area (Å²) in [4.78, 5) is 4.60. The van der Waals surface area contributed by atoms with E-state index in [1.807, 2.05) is 6.92 Å². The van der Waals surface area contributed by atoms with Gasteiger partial charge in [0.25, 0.3) is 0 Å². The van der Waals surface area contributed by atoms with E-state index in [0.29, 0.717) is 0 Å². The summed E-state index contributed by atoms with van der Waals surface area (Å²) in [5, 5.41) is 2.44. The van der Waals surface area contributed by atoms with Crippen LogP contribution < -0.4 is 0 Å². The molecule has 0 bridgehead atoms. The summed E-state index contributed by atoms with van der Waals surface area (Å²) in [5.41, 5.74) is 3.30. The number of pyridine rings is 1. The number of hydrogen-bond acceptors (Lipinski definition) is 1. The van der Waals surface area contributed by atoms with Crippen molar-refractivity contribution in [1.82, 2.24) is 9.38 Å². The molecule has 0 aliphatic heterocycles. The SMILES string of the molecule is Cc1ccc2ccn3c(Br)c(C)nc3c2c1. The summed E-state index contributed by atoms with van der Waals surface area (Å²) in [7, 11) is 0. The summed E-state index contributed by atoms with van der Waals surface area (Å²) in [6.07, 6.45) is 2.05. The van der Waals surface area contributed by atoms with Crippen LogP contribution in [0.5, 0.6) is 0 Å². The van der Waals surface area contributed by atoms with Gasteiger partial charge in [-0.3, -0.25) is 4.40 Å². The third kappa shape index (κ3) is 1.28. The molecule has 0 saturated carbocycles. The summed E-state index contributed by atoms with van der Waals surface area (Å²) >= 11 is 3.56. The molecule has 3 rings (SSSR count). The zero-order valence-corrected chi connectivity index (χ0v) is 10.7. The third-order valence-electron chi connectivity index (χ3n) is 2.86. The van der Waals surface area contributed by atoms with Crippen LogP contribution in [0.25, 0.3) is 16.4 Å². The van der Waals surface area contributed by atoms with Crippen molar-refractivity contribution in [3.63, 3.8) is 0 Å². The van der Waals surface area contributed by atoms with Gasteiger partial charge in [0, 0.05) is 11.6 Å². The molecule has 2 nitrogen and oxygen atoms in total. The molecule has 0 atom stereocenters. The lowest BCUT2D eigenvalue weighted by Gasteiger charge is -2.02. The Morgan fingerprint density at radius 3 is 2.81 bits per heavy atom. The van der Waals surface area contributed by atoms with E-state index in [1.54, 1.807) is 0 Å². The van der Waals surface area contributed by atoms with Gasteiger partial charge in [-0.25, -0.2) is 4.98 Å². The van der Waals surface area contributed by atoms with Crippen molar-refractivity contribution in [2.24, 2.45) is 0 Å². The fourth-order valence-electron chi connectivity index (χ4n) is 2.02. The highest BCUT2D eigenvalue weighted by atomic mass is 79.9. The van der Waals surface area contributed by atoms with Gasteiger partial charge in [-0.15, -0.1) is 0 Å². The second kappa shape index (κ2) is 3.32. The fourth-order valence-corrected chi connectivity index (χ4v) is 2.39. The van der Waals surface area contributed by atoms with E-state index in [2.05, 4.69) is 62.7 Å². The maximum Gasteiger partial charge on any atom is 0.145 e. The third-order valence-corrected chi connectivity index (χ3v) is 3.82. The van der Waals surface area contributed by atoms with E-state index in [-0.39, 0.29) is 0 Å². The lowest BCUT2D eigenvalue weighted by molar-refractivity contribution is 1.16. The lowest BCUT2D eigenvalue weighted by Crippen LogP contribution is -1.86. The first-order valence-electron chi connectivity index (χ1n) is 5.20. The lowest BCUT2D eigenvalue weighted by atomic mass is 10.1. The van der Waals surface area contributed by atoms with Crippen molar-refractivity contribution in [1.29, 1.82) is 0 Å². The van der Waals surface area contributed by atoms with Crippen molar-refractivity contribution in [3.05, 3.63) is 46.3 Å². The summed E-state index contributed by atoms with van der Waals surface area (Å²) in [5.74, 6) is 0. The van der Waals surface area contributed by atoms with E-state index in [1.165, 1.54) is 16.3 Å². The minimum absolute atomic E-state index is 1.02. The number of benzene rings is 1. The molecule has 2 heterocycles. The van der Waals surface area contributed by atoms with Gasteiger partial charge >= 0.3 is 0 Å². The molecule has 0 aliphatic rings. The first-order chi connectivity index (χ1) is 7.66. The molecular weight excluding hydrogens is 264 g/mol. The zero-order valence-electron chi connectivity index (χ0n) is 9.16. The number of hydrogen-bond donors (Lipinski definition) is 0. The molecule has 0 aliphatic carbocycles. The molecule has 16 heavy (non-hydrogen) atoms. The van der Waals surface area contributed by atoms with Crippen molar-refractivity contribution in [2.75, 3.05) is 0 Å². The number of imidazole rings is 1. The first-order valence-corrected chi connectivity index (χ1v) is 5.99. The quantitative estimate of drug-likeness (QED) is 0.608. The Balaban J connectivity index is 2.57. The maximum absolute atomic E-state index is 4.60. The number of rotatable bonds is 0. The minimum atomic E-state index is 1.02. The molecule has 3 heteroatoms. The van der Waals surface area contributed by atoms with Gasteiger partial charge in [0.2, 0.25) is 0 Å². The van der Waals surface area contributed by atoms with E-state index in [4.69, 9.17) is 0 Å². The van der Waals surface area contributed by atoms with Gasteiger partial charge < -0.3 is 0 Å². The Morgan fingerprint density at radius 2 is 2.00 bits per heavy atom. The van der Waals surface area contributed by atoms with Gasteiger partial charge in [0.1, 0.15) is 10.3 Å². The molecule has 0 amide bonds. The molecule has 0 spiro atoms. The molecule has 0 radical (unpaired) electrons. The molecule has 0 unspecified atom stereocenters. The second-order valence-electron chi connectivity index (χ2n) is 4.09. The summed E-state index contributed by atoms with van der Waals surface area (Å²) in [6.45, 7) is 4.12. The van der Waals surface area contributed by atoms with Crippen molar-refractivity contribution in [2.45, 2.75) is 13.8 Å². The molecular formula is C13H11BrN2. The number of halogens is 1. The van der Waals surface area contributed by atoms with E-state index in [0.717, 1.165) is 15.9 Å². The van der Waals surface area contributed by atoms with Gasteiger partial charge in [-0.2, -0.15) is 0 Å². The number of aromatic nitrogens is 2. The topological polar surface area (TPSA) is 17.3 Å². The predicted octanol–water partition coefficient (Wildman–Crippen LogP) is 3.87. The smallest absolute Gasteiger partial charge is 0.145 e. The number of fused-ring (bicyclic) bond motifs is 3. The Labute approximate surface area is 102 Å². The van der Waals surface area contributed by atoms with Gasteiger partial charge in [0.05, 0.1) is 5.69 Å². The Morgan fingerprint density at radius 1 is 1.19 bits per heavy atom. The highest BCUT2D eigenvalue weighted by Gasteiger charge is 2.08. The molecule has 3 aromatic rings. The van der Waals surface area contributed by atoms with E-state index >= 15 is 0 Å². The number of nitrogens with zero attached hydrogens (tertiary/aromatic N) is 2. The van der Waals surface area contributed by atoms with Crippen molar-refractivity contribution < 1.29 is 0 Å². The number of aryl methyl sites for hydroxylation is 2. The fraction of sp³-hybridized carbons (Fsp3) is 0.154. The minimum Gasteiger partial charge on any atom is -0.293 e. The Hall–Kier alpha value is -1.35. The average molecular weight is 275 g/mol. The first kappa shape index (κ1) is 9.85. The molecule has 80 valence electrons. The van der Waals surface area contributed by atoms with Gasteiger partial charge in [0.15, 0.2) is 0 Å². The highest BCUT2D eigenvalue weighted by molar-refractivity contribution is 9.10. The van der Waals surface area contributed by atoms with Crippen LogP contribution in [0.15, 0.2) is 35.1 Å². The Bertz CT molecular complexity index is 698. The second-order valence-corrected chi connectivity index (χ2v) is 4.84. The maximum atomic E-state index is 4.60. The molecule has 0 N–H and O–H groups in total. The molecule has 0 fully saturated rings. The monoisotopic (exact) mass is 274 g/mol. The van der Waals surface area contributed by atoms with Crippen LogP contribution in [-0.2, 0) is 0 Å². The van der Waals surface area contributed by atoms with E-state index < -0.39 is 0 Å². The standard InChI is InChI=1S/C13H11BrN2/c1-8-3-4-10-5-6-16-12(14)9(2)15-13(16)11(10)7-8/h3-7H,1-2H3. The predicted molar refractivity (Wildman–Crippen MR) is 69.9 cm³/mol. The molecule has 0 saturated heterocycles. The zero-order chi connectivity index (χ0) is 11.3. The van der Waals surface area contributed by atoms with Crippen LogP contribution in [0.3, 0.4) is 0 Å². The normalized spacial score (nSPS) is 11.4. The summed E-state index contributed by atoms with van der Waals surface area (Å²) < 4.78 is 3.11. The Kier molecular flexibility index (Phi) is 2.04. The van der Waals surface area contributed by atoms with Crippen LogP contribution in [0.1, 0.15) is 11.3 Å².